The highest BCUT2D eigenvalue weighted by Crippen LogP contribution is 2.20. The van der Waals surface area contributed by atoms with Crippen LogP contribution in [0.4, 0.5) is 0 Å². The van der Waals surface area contributed by atoms with Gasteiger partial charge in [-0.2, -0.15) is 0 Å². The number of nitrogens with zero attached hydrogens (tertiary/aromatic N) is 3. The Morgan fingerprint density at radius 2 is 1.87 bits per heavy atom. The van der Waals surface area contributed by atoms with Gasteiger partial charge in [-0.05, 0) is 49.9 Å². The largest absolute Gasteiger partial charge is 0.332 e. The van der Waals surface area contributed by atoms with Gasteiger partial charge >= 0.3 is 0 Å². The molecule has 31 heavy (non-hydrogen) atoms. The predicted molar refractivity (Wildman–Crippen MR) is 124 cm³/mol. The van der Waals surface area contributed by atoms with Crippen molar-refractivity contribution in [2.24, 2.45) is 0 Å². The fraction of sp³-hybridized carbons (Fsp3) is 0.423. The van der Waals surface area contributed by atoms with E-state index in [9.17, 15) is 9.59 Å². The Morgan fingerprint density at radius 1 is 1.10 bits per heavy atom. The highest BCUT2D eigenvalue weighted by molar-refractivity contribution is 5.97. The fourth-order valence-corrected chi connectivity index (χ4v) is 4.32. The van der Waals surface area contributed by atoms with Gasteiger partial charge in [-0.3, -0.25) is 14.2 Å². The standard InChI is InChI=1S/C26H31N3O2/c1-3-19(2)29(18-20-11-7-6-8-12-20)25(30)21-14-15-22-23(17-21)27-24-13-9-4-5-10-16-28(24)26(22)31/h6-8,11-12,14-15,17,19H,3-5,9-10,13,16,18H2,1-2H3. The maximum Gasteiger partial charge on any atom is 0.261 e. The van der Waals surface area contributed by atoms with Gasteiger partial charge in [-0.15, -0.1) is 0 Å². The second kappa shape index (κ2) is 9.46. The van der Waals surface area contributed by atoms with Crippen LogP contribution < -0.4 is 5.56 Å². The Balaban J connectivity index is 1.71. The summed E-state index contributed by atoms with van der Waals surface area (Å²) in [5.74, 6) is 0.832. The van der Waals surface area contributed by atoms with Crippen molar-refractivity contribution in [3.8, 4) is 0 Å². The molecule has 1 amide bonds. The molecule has 0 N–H and O–H groups in total. The zero-order valence-electron chi connectivity index (χ0n) is 18.5. The molecular weight excluding hydrogens is 386 g/mol. The van der Waals surface area contributed by atoms with Gasteiger partial charge in [0.2, 0.25) is 0 Å². The summed E-state index contributed by atoms with van der Waals surface area (Å²) in [7, 11) is 0. The molecule has 0 saturated carbocycles. The van der Waals surface area contributed by atoms with E-state index < -0.39 is 0 Å². The molecule has 0 radical (unpaired) electrons. The number of carbonyl (C=O) groups is 1. The first-order chi connectivity index (χ1) is 15.1. The monoisotopic (exact) mass is 417 g/mol. The Morgan fingerprint density at radius 3 is 2.65 bits per heavy atom. The van der Waals surface area contributed by atoms with Gasteiger partial charge in [0, 0.05) is 31.1 Å². The summed E-state index contributed by atoms with van der Waals surface area (Å²) in [5, 5.41) is 0.596. The first-order valence-electron chi connectivity index (χ1n) is 11.5. The lowest BCUT2D eigenvalue weighted by Crippen LogP contribution is -2.37. The summed E-state index contributed by atoms with van der Waals surface area (Å²) in [6.45, 7) is 5.47. The number of benzene rings is 2. The zero-order chi connectivity index (χ0) is 21.8. The Hall–Kier alpha value is -2.95. The normalized spacial score (nSPS) is 15.0. The van der Waals surface area contributed by atoms with E-state index >= 15 is 0 Å². The summed E-state index contributed by atoms with van der Waals surface area (Å²) in [5.41, 5.74) is 2.34. The van der Waals surface area contributed by atoms with E-state index in [-0.39, 0.29) is 17.5 Å². The van der Waals surface area contributed by atoms with Gasteiger partial charge < -0.3 is 4.90 Å². The van der Waals surface area contributed by atoms with Crippen molar-refractivity contribution in [1.82, 2.24) is 14.5 Å². The van der Waals surface area contributed by atoms with Gasteiger partial charge in [0.1, 0.15) is 5.82 Å². The second-order valence-electron chi connectivity index (χ2n) is 8.56. The van der Waals surface area contributed by atoms with Crippen LogP contribution in [0.1, 0.15) is 67.7 Å². The minimum Gasteiger partial charge on any atom is -0.332 e. The van der Waals surface area contributed by atoms with Crippen LogP contribution in [-0.4, -0.2) is 26.4 Å². The molecule has 5 heteroatoms. The topological polar surface area (TPSA) is 55.2 Å². The molecule has 2 aromatic carbocycles. The smallest absolute Gasteiger partial charge is 0.261 e. The van der Waals surface area contributed by atoms with Gasteiger partial charge in [0.25, 0.3) is 11.5 Å². The number of aryl methyl sites for hydroxylation is 1. The van der Waals surface area contributed by atoms with E-state index in [0.717, 1.165) is 50.0 Å². The molecule has 2 heterocycles. The molecule has 0 saturated heterocycles. The molecule has 1 aromatic heterocycles. The van der Waals surface area contributed by atoms with Gasteiger partial charge in [0.15, 0.2) is 0 Å². The maximum absolute atomic E-state index is 13.5. The van der Waals surface area contributed by atoms with E-state index in [4.69, 9.17) is 4.98 Å². The summed E-state index contributed by atoms with van der Waals surface area (Å²) in [6.07, 6.45) is 6.09. The molecule has 1 aliphatic heterocycles. The minimum absolute atomic E-state index is 0.0176. The molecule has 1 atom stereocenters. The third-order valence-corrected chi connectivity index (χ3v) is 6.39. The van der Waals surface area contributed by atoms with Crippen molar-refractivity contribution >= 4 is 16.8 Å². The average Bonchev–Trinajstić information content (AvgIpc) is 2.78. The molecule has 5 nitrogen and oxygen atoms in total. The van der Waals surface area contributed by atoms with Crippen LogP contribution in [0.3, 0.4) is 0 Å². The Bertz CT molecular complexity index is 1120. The van der Waals surface area contributed by atoms with E-state index in [1.165, 1.54) is 6.42 Å². The number of aromatic nitrogens is 2. The molecule has 0 aliphatic carbocycles. The van der Waals surface area contributed by atoms with E-state index in [1.807, 2.05) is 39.8 Å². The van der Waals surface area contributed by atoms with Crippen LogP contribution in [0.2, 0.25) is 0 Å². The van der Waals surface area contributed by atoms with Crippen molar-refractivity contribution < 1.29 is 4.79 Å². The minimum atomic E-state index is -0.0197. The Kier molecular flexibility index (Phi) is 6.50. The van der Waals surface area contributed by atoms with Crippen molar-refractivity contribution in [2.75, 3.05) is 0 Å². The highest BCUT2D eigenvalue weighted by Gasteiger charge is 2.22. The molecule has 0 bridgehead atoms. The Labute approximate surface area is 183 Å². The predicted octanol–water partition coefficient (Wildman–Crippen LogP) is 4.95. The maximum atomic E-state index is 13.5. The van der Waals surface area contributed by atoms with Crippen LogP contribution in [0.5, 0.6) is 0 Å². The van der Waals surface area contributed by atoms with Crippen LogP contribution >= 0.6 is 0 Å². The highest BCUT2D eigenvalue weighted by atomic mass is 16.2. The molecule has 3 aromatic rings. The first kappa shape index (κ1) is 21.3. The SMILES string of the molecule is CCC(C)N(Cc1ccccc1)C(=O)c1ccc2c(=O)n3c(nc2c1)CCCCCC3. The molecule has 0 spiro atoms. The van der Waals surface area contributed by atoms with Crippen molar-refractivity contribution in [3.05, 3.63) is 75.8 Å². The summed E-state index contributed by atoms with van der Waals surface area (Å²) in [4.78, 5) is 33.3. The number of fused-ring (bicyclic) bond motifs is 2. The summed E-state index contributed by atoms with van der Waals surface area (Å²) in [6, 6.07) is 15.5. The van der Waals surface area contributed by atoms with Crippen LogP contribution in [0.25, 0.3) is 10.9 Å². The van der Waals surface area contributed by atoms with Crippen LogP contribution in [-0.2, 0) is 19.5 Å². The van der Waals surface area contributed by atoms with Crippen molar-refractivity contribution in [2.45, 2.75) is 71.5 Å². The molecular formula is C26H31N3O2. The summed E-state index contributed by atoms with van der Waals surface area (Å²) >= 11 is 0. The number of hydrogen-bond acceptors (Lipinski definition) is 3. The average molecular weight is 418 g/mol. The lowest BCUT2D eigenvalue weighted by atomic mass is 10.1. The number of hydrogen-bond donors (Lipinski definition) is 0. The van der Waals surface area contributed by atoms with E-state index in [2.05, 4.69) is 13.8 Å². The third kappa shape index (κ3) is 4.55. The van der Waals surface area contributed by atoms with E-state index in [1.54, 1.807) is 18.2 Å². The molecule has 162 valence electrons. The molecule has 1 aliphatic rings. The molecule has 1 unspecified atom stereocenters. The van der Waals surface area contributed by atoms with Crippen LogP contribution in [0.15, 0.2) is 53.3 Å². The van der Waals surface area contributed by atoms with Gasteiger partial charge in [0.05, 0.1) is 10.9 Å². The van der Waals surface area contributed by atoms with Crippen LogP contribution in [0, 0.1) is 0 Å². The van der Waals surface area contributed by atoms with Gasteiger partial charge in [-0.1, -0.05) is 50.1 Å². The number of carbonyl (C=O) groups excluding carboxylic acids is 1. The molecule has 4 rings (SSSR count). The summed E-state index contributed by atoms with van der Waals surface area (Å²) < 4.78 is 1.84. The first-order valence-corrected chi connectivity index (χ1v) is 11.5. The lowest BCUT2D eigenvalue weighted by molar-refractivity contribution is 0.0671. The number of amides is 1. The quantitative estimate of drug-likeness (QED) is 0.590. The lowest BCUT2D eigenvalue weighted by Gasteiger charge is -2.29. The van der Waals surface area contributed by atoms with Crippen molar-refractivity contribution in [1.29, 1.82) is 0 Å². The number of rotatable bonds is 5. The van der Waals surface area contributed by atoms with E-state index in [0.29, 0.717) is 23.0 Å². The third-order valence-electron chi connectivity index (χ3n) is 6.39. The fourth-order valence-electron chi connectivity index (χ4n) is 4.32. The van der Waals surface area contributed by atoms with Gasteiger partial charge in [-0.25, -0.2) is 4.98 Å². The second-order valence-corrected chi connectivity index (χ2v) is 8.56. The van der Waals surface area contributed by atoms with Crippen molar-refractivity contribution in [3.63, 3.8) is 0 Å². The molecule has 0 fully saturated rings. The zero-order valence-corrected chi connectivity index (χ0v) is 18.5.